The second-order valence-electron chi connectivity index (χ2n) is 6.51. The first-order valence-corrected chi connectivity index (χ1v) is 9.04. The average Bonchev–Trinajstić information content (AvgIpc) is 2.74. The molecule has 132 valence electrons. The molecule has 1 atom stereocenters. The molecule has 3 aromatic carbocycles. The Morgan fingerprint density at radius 1 is 0.852 bits per heavy atom. The molecule has 0 spiro atoms. The Bertz CT molecular complexity index is 1050. The summed E-state index contributed by atoms with van der Waals surface area (Å²) < 4.78 is 0. The lowest BCUT2D eigenvalue weighted by atomic mass is 9.97. The number of benzene rings is 3. The van der Waals surface area contributed by atoms with Gasteiger partial charge in [-0.2, -0.15) is 0 Å². The lowest BCUT2D eigenvalue weighted by molar-refractivity contribution is 0.0976. The van der Waals surface area contributed by atoms with Crippen molar-refractivity contribution in [2.24, 2.45) is 0 Å². The Kier molecular flexibility index (Phi) is 4.93. The van der Waals surface area contributed by atoms with Crippen molar-refractivity contribution in [3.05, 3.63) is 108 Å². The number of hydrogen-bond donors (Lipinski definition) is 1. The van der Waals surface area contributed by atoms with Crippen LogP contribution in [0.1, 0.15) is 28.4 Å². The summed E-state index contributed by atoms with van der Waals surface area (Å²) >= 11 is 0. The van der Waals surface area contributed by atoms with Crippen LogP contribution in [-0.2, 0) is 0 Å². The fourth-order valence-corrected chi connectivity index (χ4v) is 3.23. The number of fused-ring (bicyclic) bond motifs is 1. The molecular weight excluding hydrogens is 332 g/mol. The summed E-state index contributed by atoms with van der Waals surface area (Å²) in [5.74, 6) is 0.124. The molecule has 0 saturated carbocycles. The van der Waals surface area contributed by atoms with Crippen LogP contribution < -0.4 is 5.32 Å². The Morgan fingerprint density at radius 2 is 1.59 bits per heavy atom. The van der Waals surface area contributed by atoms with Gasteiger partial charge >= 0.3 is 0 Å². The van der Waals surface area contributed by atoms with Crippen molar-refractivity contribution in [3.63, 3.8) is 0 Å². The van der Waals surface area contributed by atoms with Gasteiger partial charge in [0.05, 0.1) is 11.6 Å². The molecule has 3 heteroatoms. The number of carbonyl (C=O) groups is 1. The van der Waals surface area contributed by atoms with E-state index in [0.29, 0.717) is 6.42 Å². The van der Waals surface area contributed by atoms with Crippen LogP contribution in [0.5, 0.6) is 0 Å². The first kappa shape index (κ1) is 17.0. The quantitative estimate of drug-likeness (QED) is 0.455. The van der Waals surface area contributed by atoms with E-state index < -0.39 is 0 Å². The van der Waals surface area contributed by atoms with Gasteiger partial charge < -0.3 is 5.32 Å². The number of hydrogen-bond acceptors (Lipinski definition) is 3. The average molecular weight is 352 g/mol. The number of ketones is 1. The van der Waals surface area contributed by atoms with Crippen molar-refractivity contribution < 1.29 is 4.79 Å². The molecule has 27 heavy (non-hydrogen) atoms. The Balaban J connectivity index is 1.62. The van der Waals surface area contributed by atoms with E-state index in [9.17, 15) is 4.79 Å². The Morgan fingerprint density at radius 3 is 2.37 bits per heavy atom. The van der Waals surface area contributed by atoms with Gasteiger partial charge in [-0.05, 0) is 29.8 Å². The van der Waals surface area contributed by atoms with Gasteiger partial charge in [-0.15, -0.1) is 0 Å². The van der Waals surface area contributed by atoms with Crippen molar-refractivity contribution >= 4 is 22.4 Å². The Hall–Kier alpha value is -3.46. The van der Waals surface area contributed by atoms with Gasteiger partial charge in [0.15, 0.2) is 5.78 Å². The summed E-state index contributed by atoms with van der Waals surface area (Å²) in [7, 11) is 0. The number of aromatic nitrogens is 1. The number of pyridine rings is 1. The minimum absolute atomic E-state index is 0.104. The maximum Gasteiger partial charge on any atom is 0.165 e. The predicted octanol–water partition coefficient (Wildman–Crippen LogP) is 5.66. The fourth-order valence-electron chi connectivity index (χ4n) is 3.23. The van der Waals surface area contributed by atoms with Gasteiger partial charge in [-0.3, -0.25) is 9.78 Å². The molecule has 0 bridgehead atoms. The minimum atomic E-state index is -0.104. The zero-order valence-corrected chi connectivity index (χ0v) is 14.9. The summed E-state index contributed by atoms with van der Waals surface area (Å²) in [4.78, 5) is 17.1. The molecule has 4 rings (SSSR count). The summed E-state index contributed by atoms with van der Waals surface area (Å²) in [5, 5.41) is 4.61. The van der Waals surface area contributed by atoms with Crippen molar-refractivity contribution in [3.8, 4) is 0 Å². The van der Waals surface area contributed by atoms with Gasteiger partial charge in [0.1, 0.15) is 0 Å². The van der Waals surface area contributed by atoms with Crippen LogP contribution >= 0.6 is 0 Å². The molecule has 1 unspecified atom stereocenters. The van der Waals surface area contributed by atoms with Crippen LogP contribution in [0, 0.1) is 0 Å². The first-order valence-electron chi connectivity index (χ1n) is 9.04. The normalized spacial score (nSPS) is 11.9. The summed E-state index contributed by atoms with van der Waals surface area (Å²) in [6.07, 6.45) is 2.18. The van der Waals surface area contributed by atoms with Gasteiger partial charge in [-0.25, -0.2) is 0 Å². The largest absolute Gasteiger partial charge is 0.378 e. The minimum Gasteiger partial charge on any atom is -0.378 e. The number of nitrogens with zero attached hydrogens (tertiary/aromatic N) is 1. The number of anilines is 1. The SMILES string of the molecule is O=C(CC(Nc1ccc2ncccc2c1)c1ccccc1)c1ccccc1. The standard InChI is InChI=1S/C24H20N2O/c27-24(19-10-5-2-6-11-19)17-23(18-8-3-1-4-9-18)26-21-13-14-22-20(16-21)12-7-15-25-22/h1-16,23,26H,17H2. The summed E-state index contributed by atoms with van der Waals surface area (Å²) in [6.45, 7) is 0. The molecule has 0 saturated heterocycles. The number of carbonyl (C=O) groups excluding carboxylic acids is 1. The van der Waals surface area contributed by atoms with Crippen LogP contribution in [0.15, 0.2) is 97.2 Å². The molecule has 3 nitrogen and oxygen atoms in total. The van der Waals surface area contributed by atoms with Crippen LogP contribution in [0.4, 0.5) is 5.69 Å². The van der Waals surface area contributed by atoms with Crippen molar-refractivity contribution in [2.45, 2.75) is 12.5 Å². The number of Topliss-reactive ketones (excluding diaryl/α,β-unsaturated/α-hetero) is 1. The Labute approximate surface area is 158 Å². The lowest BCUT2D eigenvalue weighted by Gasteiger charge is -2.20. The van der Waals surface area contributed by atoms with E-state index in [1.807, 2.05) is 72.8 Å². The fraction of sp³-hybridized carbons (Fsp3) is 0.0833. The van der Waals surface area contributed by atoms with Crippen molar-refractivity contribution in [1.82, 2.24) is 4.98 Å². The van der Waals surface area contributed by atoms with E-state index in [4.69, 9.17) is 0 Å². The van der Waals surface area contributed by atoms with E-state index in [1.165, 1.54) is 0 Å². The topological polar surface area (TPSA) is 42.0 Å². The van der Waals surface area contributed by atoms with Crippen LogP contribution in [0.3, 0.4) is 0 Å². The molecule has 1 aromatic heterocycles. The van der Waals surface area contributed by atoms with Crippen LogP contribution in [-0.4, -0.2) is 10.8 Å². The molecule has 1 N–H and O–H groups in total. The highest BCUT2D eigenvalue weighted by molar-refractivity contribution is 5.96. The van der Waals surface area contributed by atoms with Crippen LogP contribution in [0.25, 0.3) is 10.9 Å². The first-order chi connectivity index (χ1) is 13.3. The van der Waals surface area contributed by atoms with E-state index in [0.717, 1.165) is 27.7 Å². The third kappa shape index (κ3) is 4.04. The summed E-state index contributed by atoms with van der Waals surface area (Å²) in [6, 6.07) is 29.5. The maximum absolute atomic E-state index is 12.8. The molecule has 0 amide bonds. The second kappa shape index (κ2) is 7.83. The molecule has 0 radical (unpaired) electrons. The molecule has 0 aliphatic rings. The highest BCUT2D eigenvalue weighted by atomic mass is 16.1. The summed E-state index contributed by atoms with van der Waals surface area (Å²) in [5.41, 5.74) is 3.76. The van der Waals surface area contributed by atoms with Gasteiger partial charge in [-0.1, -0.05) is 66.7 Å². The third-order valence-electron chi connectivity index (χ3n) is 4.63. The lowest BCUT2D eigenvalue weighted by Crippen LogP contribution is -2.15. The zero-order chi connectivity index (χ0) is 18.5. The van der Waals surface area contributed by atoms with Crippen molar-refractivity contribution in [1.29, 1.82) is 0 Å². The van der Waals surface area contributed by atoms with Gasteiger partial charge in [0, 0.05) is 29.3 Å². The highest BCUT2D eigenvalue weighted by Gasteiger charge is 2.17. The monoisotopic (exact) mass is 352 g/mol. The highest BCUT2D eigenvalue weighted by Crippen LogP contribution is 2.26. The van der Waals surface area contributed by atoms with E-state index in [2.05, 4.69) is 28.5 Å². The molecular formula is C24H20N2O. The van der Waals surface area contributed by atoms with Crippen molar-refractivity contribution in [2.75, 3.05) is 5.32 Å². The molecule has 1 heterocycles. The van der Waals surface area contributed by atoms with E-state index >= 15 is 0 Å². The van der Waals surface area contributed by atoms with Gasteiger partial charge in [0.25, 0.3) is 0 Å². The molecule has 0 aliphatic heterocycles. The number of rotatable bonds is 6. The number of nitrogens with one attached hydrogen (secondary N) is 1. The zero-order valence-electron chi connectivity index (χ0n) is 14.9. The smallest absolute Gasteiger partial charge is 0.165 e. The maximum atomic E-state index is 12.8. The van der Waals surface area contributed by atoms with E-state index in [1.54, 1.807) is 6.20 Å². The van der Waals surface area contributed by atoms with Gasteiger partial charge in [0.2, 0.25) is 0 Å². The second-order valence-corrected chi connectivity index (χ2v) is 6.51. The third-order valence-corrected chi connectivity index (χ3v) is 4.63. The molecule has 4 aromatic rings. The molecule has 0 fully saturated rings. The van der Waals surface area contributed by atoms with Crippen LogP contribution in [0.2, 0.25) is 0 Å². The predicted molar refractivity (Wildman–Crippen MR) is 110 cm³/mol. The molecule has 0 aliphatic carbocycles. The van der Waals surface area contributed by atoms with E-state index in [-0.39, 0.29) is 11.8 Å².